The molecule has 0 amide bonds. The Labute approximate surface area is 111 Å². The average molecular weight is 264 g/mol. The van der Waals surface area contributed by atoms with E-state index < -0.39 is 5.92 Å². The number of halogens is 2. The predicted octanol–water partition coefficient (Wildman–Crippen LogP) is 3.44. The van der Waals surface area contributed by atoms with Crippen LogP contribution < -0.4 is 0 Å². The lowest BCUT2D eigenvalue weighted by Gasteiger charge is -2.31. The normalized spacial score (nSPS) is 19.9. The molecule has 102 valence electrons. The van der Waals surface area contributed by atoms with Crippen LogP contribution >= 0.6 is 0 Å². The molecule has 3 rings (SSSR count). The van der Waals surface area contributed by atoms with E-state index in [4.69, 9.17) is 0 Å². The highest BCUT2D eigenvalue weighted by Gasteiger charge is 2.33. The molecule has 2 aromatic rings. The highest BCUT2D eigenvalue weighted by atomic mass is 19.3. The number of fused-ring (bicyclic) bond motifs is 1. The first-order chi connectivity index (χ1) is 9.12. The van der Waals surface area contributed by atoms with Crippen molar-refractivity contribution in [3.8, 4) is 0 Å². The lowest BCUT2D eigenvalue weighted by Crippen LogP contribution is -2.40. The molecule has 4 heteroatoms. The summed E-state index contributed by atoms with van der Waals surface area (Å²) in [5, 5.41) is 1.21. The van der Waals surface area contributed by atoms with Crippen LogP contribution in [-0.2, 0) is 6.42 Å². The van der Waals surface area contributed by atoms with E-state index in [-0.39, 0.29) is 12.8 Å². The van der Waals surface area contributed by atoms with Gasteiger partial charge in [-0.3, -0.25) is 0 Å². The van der Waals surface area contributed by atoms with E-state index in [0.29, 0.717) is 13.1 Å². The van der Waals surface area contributed by atoms with Crippen LogP contribution in [0, 0.1) is 0 Å². The Morgan fingerprint density at radius 3 is 2.63 bits per heavy atom. The van der Waals surface area contributed by atoms with Crippen LogP contribution in [0.25, 0.3) is 10.9 Å². The maximum atomic E-state index is 13.0. The summed E-state index contributed by atoms with van der Waals surface area (Å²) in [5.41, 5.74) is 2.32. The summed E-state index contributed by atoms with van der Waals surface area (Å²) in [4.78, 5) is 5.50. The molecule has 1 saturated heterocycles. The summed E-state index contributed by atoms with van der Waals surface area (Å²) in [6.07, 6.45) is 0.889. The number of alkyl halides is 2. The smallest absolute Gasteiger partial charge is 0.250 e. The van der Waals surface area contributed by atoms with Gasteiger partial charge in [0.25, 0.3) is 5.92 Å². The maximum Gasteiger partial charge on any atom is 0.250 e. The van der Waals surface area contributed by atoms with Gasteiger partial charge < -0.3 is 9.88 Å². The molecule has 0 atom stereocenters. The molecular formula is C15H18F2N2. The first-order valence-electron chi connectivity index (χ1n) is 6.79. The number of aromatic nitrogens is 1. The second-order valence-electron chi connectivity index (χ2n) is 5.33. The minimum Gasteiger partial charge on any atom is -0.358 e. The van der Waals surface area contributed by atoms with Crippen LogP contribution in [-0.4, -0.2) is 35.4 Å². The lowest BCUT2D eigenvalue weighted by atomic mass is 10.1. The van der Waals surface area contributed by atoms with Crippen molar-refractivity contribution in [2.75, 3.05) is 19.6 Å². The Hall–Kier alpha value is -1.42. The van der Waals surface area contributed by atoms with Crippen molar-refractivity contribution in [1.82, 2.24) is 9.88 Å². The van der Waals surface area contributed by atoms with Gasteiger partial charge in [-0.1, -0.05) is 18.2 Å². The summed E-state index contributed by atoms with van der Waals surface area (Å²) in [6.45, 7) is 1.86. The van der Waals surface area contributed by atoms with E-state index in [2.05, 4.69) is 28.1 Å². The van der Waals surface area contributed by atoms with Gasteiger partial charge in [-0.15, -0.1) is 0 Å². The minimum atomic E-state index is -2.45. The summed E-state index contributed by atoms with van der Waals surface area (Å²) in [5.74, 6) is -2.45. The van der Waals surface area contributed by atoms with Gasteiger partial charge in [0, 0.05) is 50.1 Å². The molecule has 1 aromatic carbocycles. The third-order valence-electron chi connectivity index (χ3n) is 3.87. The van der Waals surface area contributed by atoms with Gasteiger partial charge in [0.1, 0.15) is 0 Å². The molecule has 0 aliphatic carbocycles. The van der Waals surface area contributed by atoms with Crippen LogP contribution in [0.15, 0.2) is 30.3 Å². The number of nitrogens with zero attached hydrogens (tertiary/aromatic N) is 1. The first kappa shape index (κ1) is 12.6. The SMILES string of the molecule is FC1(F)CCN(CCc2cc3ccccc3[nH]2)CC1. The van der Waals surface area contributed by atoms with Crippen molar-refractivity contribution >= 4 is 10.9 Å². The largest absolute Gasteiger partial charge is 0.358 e. The zero-order chi connectivity index (χ0) is 13.3. The second kappa shape index (κ2) is 4.93. The maximum absolute atomic E-state index is 13.0. The fourth-order valence-electron chi connectivity index (χ4n) is 2.65. The van der Waals surface area contributed by atoms with E-state index >= 15 is 0 Å². The quantitative estimate of drug-likeness (QED) is 0.899. The molecule has 0 radical (unpaired) electrons. The van der Waals surface area contributed by atoms with Gasteiger partial charge in [-0.25, -0.2) is 8.78 Å². The molecule has 0 spiro atoms. The van der Waals surface area contributed by atoms with Gasteiger partial charge >= 0.3 is 0 Å². The van der Waals surface area contributed by atoms with Crippen LogP contribution in [0.2, 0.25) is 0 Å². The van der Waals surface area contributed by atoms with Crippen molar-refractivity contribution in [1.29, 1.82) is 0 Å². The highest BCUT2D eigenvalue weighted by Crippen LogP contribution is 2.27. The van der Waals surface area contributed by atoms with Crippen LogP contribution in [0.4, 0.5) is 8.78 Å². The Morgan fingerprint density at radius 2 is 1.89 bits per heavy atom. The molecule has 1 N–H and O–H groups in total. The second-order valence-corrected chi connectivity index (χ2v) is 5.33. The summed E-state index contributed by atoms with van der Waals surface area (Å²) in [6, 6.07) is 10.3. The molecule has 0 bridgehead atoms. The molecule has 1 aliphatic heterocycles. The Balaban J connectivity index is 1.57. The topological polar surface area (TPSA) is 19.0 Å². The number of piperidine rings is 1. The number of H-pyrrole nitrogens is 1. The Morgan fingerprint density at radius 1 is 1.16 bits per heavy atom. The summed E-state index contributed by atoms with van der Waals surface area (Å²) in [7, 11) is 0. The van der Waals surface area contributed by atoms with Gasteiger partial charge in [0.15, 0.2) is 0 Å². The van der Waals surface area contributed by atoms with Crippen molar-refractivity contribution in [3.05, 3.63) is 36.0 Å². The number of hydrogen-bond donors (Lipinski definition) is 1. The molecule has 1 aliphatic rings. The standard InChI is InChI=1S/C15H18F2N2/c16-15(17)6-9-19(10-7-15)8-5-13-11-12-3-1-2-4-14(12)18-13/h1-4,11,18H,5-10H2. The predicted molar refractivity (Wildman–Crippen MR) is 72.6 cm³/mol. The van der Waals surface area contributed by atoms with Crippen molar-refractivity contribution < 1.29 is 8.78 Å². The van der Waals surface area contributed by atoms with Crippen molar-refractivity contribution in [2.24, 2.45) is 0 Å². The van der Waals surface area contributed by atoms with E-state index in [1.165, 1.54) is 11.1 Å². The number of rotatable bonds is 3. The van der Waals surface area contributed by atoms with Gasteiger partial charge in [0.05, 0.1) is 0 Å². The lowest BCUT2D eigenvalue weighted by molar-refractivity contribution is -0.0548. The highest BCUT2D eigenvalue weighted by molar-refractivity contribution is 5.80. The van der Waals surface area contributed by atoms with Gasteiger partial charge in [-0.05, 0) is 17.5 Å². The minimum absolute atomic E-state index is 0.000296. The van der Waals surface area contributed by atoms with Crippen molar-refractivity contribution in [3.63, 3.8) is 0 Å². The molecule has 19 heavy (non-hydrogen) atoms. The molecule has 0 unspecified atom stereocenters. The number of aromatic amines is 1. The van der Waals surface area contributed by atoms with E-state index in [1.54, 1.807) is 0 Å². The zero-order valence-corrected chi connectivity index (χ0v) is 10.8. The summed E-state index contributed by atoms with van der Waals surface area (Å²) >= 11 is 0. The van der Waals surface area contributed by atoms with Crippen molar-refractivity contribution in [2.45, 2.75) is 25.2 Å². The third-order valence-corrected chi connectivity index (χ3v) is 3.87. The van der Waals surface area contributed by atoms with Crippen LogP contribution in [0.5, 0.6) is 0 Å². The Kier molecular flexibility index (Phi) is 3.27. The number of likely N-dealkylation sites (tertiary alicyclic amines) is 1. The molecular weight excluding hydrogens is 246 g/mol. The van der Waals surface area contributed by atoms with E-state index in [1.807, 2.05) is 12.1 Å². The van der Waals surface area contributed by atoms with Gasteiger partial charge in [0.2, 0.25) is 0 Å². The zero-order valence-electron chi connectivity index (χ0n) is 10.8. The fourth-order valence-corrected chi connectivity index (χ4v) is 2.65. The number of para-hydroxylation sites is 1. The summed E-state index contributed by atoms with van der Waals surface area (Å²) < 4.78 is 26.1. The molecule has 0 saturated carbocycles. The molecule has 2 nitrogen and oxygen atoms in total. The van der Waals surface area contributed by atoms with Crippen LogP contribution in [0.1, 0.15) is 18.5 Å². The molecule has 1 fully saturated rings. The third kappa shape index (κ3) is 2.95. The number of benzene rings is 1. The van der Waals surface area contributed by atoms with Crippen LogP contribution in [0.3, 0.4) is 0 Å². The number of hydrogen-bond acceptors (Lipinski definition) is 1. The first-order valence-corrected chi connectivity index (χ1v) is 6.79. The number of nitrogens with one attached hydrogen (secondary N) is 1. The molecule has 1 aromatic heterocycles. The van der Waals surface area contributed by atoms with E-state index in [9.17, 15) is 8.78 Å². The molecule has 2 heterocycles. The average Bonchev–Trinajstić information content (AvgIpc) is 2.80. The van der Waals surface area contributed by atoms with Gasteiger partial charge in [-0.2, -0.15) is 0 Å². The fraction of sp³-hybridized carbons (Fsp3) is 0.467. The monoisotopic (exact) mass is 264 g/mol. The Bertz CT molecular complexity index is 519. The van der Waals surface area contributed by atoms with E-state index in [0.717, 1.165) is 18.5 Å².